The average Bonchev–Trinajstić information content (AvgIpc) is 3.57. The highest BCUT2D eigenvalue weighted by Crippen LogP contribution is 2.37. The molecule has 0 aliphatic carbocycles. The Kier molecular flexibility index (Phi) is 7.20. The third-order valence-electron chi connectivity index (χ3n) is 9.18. The lowest BCUT2D eigenvalue weighted by Crippen LogP contribution is -2.07. The molecule has 0 N–H and O–H groups in total. The zero-order valence-corrected chi connectivity index (χ0v) is 27.7. The van der Waals surface area contributed by atoms with Crippen LogP contribution in [0.4, 0.5) is 0 Å². The molecule has 6 heteroatoms. The molecule has 9 aromatic rings. The molecule has 9 rings (SSSR count). The molecule has 0 saturated carbocycles. The van der Waals surface area contributed by atoms with E-state index in [4.69, 9.17) is 19.9 Å². The molecular formula is C44H32N6. The summed E-state index contributed by atoms with van der Waals surface area (Å²) in [6, 6.07) is 50.1. The molecule has 50 heavy (non-hydrogen) atoms. The van der Waals surface area contributed by atoms with E-state index in [1.807, 2.05) is 54.7 Å². The number of fused-ring (bicyclic) bond motifs is 3. The van der Waals surface area contributed by atoms with Crippen molar-refractivity contribution in [1.29, 1.82) is 0 Å². The third-order valence-corrected chi connectivity index (χ3v) is 9.18. The van der Waals surface area contributed by atoms with Gasteiger partial charge in [-0.2, -0.15) is 0 Å². The summed E-state index contributed by atoms with van der Waals surface area (Å²) < 4.78 is 2.29. The minimum Gasteiger partial charge on any atom is -0.295 e. The molecule has 238 valence electrons. The molecule has 0 spiro atoms. The lowest BCUT2D eigenvalue weighted by molar-refractivity contribution is 0.760. The number of hydrogen-bond acceptors (Lipinski definition) is 5. The standard InChI is InChI=1S/C44H32N6/c1-28(2)44-46-38-22-21-34(37-18-10-11-23-45-37)27-40(38)50(44)39-26-33-17-9-8-16-32(33)25-36(39)43-48-41(30-13-4-3-5-14-30)47-42(49-43)35-20-19-29-12-6-7-15-31(29)24-35/h3-28H,1-2H3. The predicted molar refractivity (Wildman–Crippen MR) is 203 cm³/mol. The van der Waals surface area contributed by atoms with Gasteiger partial charge in [0.05, 0.1) is 22.4 Å². The van der Waals surface area contributed by atoms with Gasteiger partial charge in [0.1, 0.15) is 5.82 Å². The van der Waals surface area contributed by atoms with E-state index in [0.717, 1.165) is 66.7 Å². The van der Waals surface area contributed by atoms with E-state index in [1.54, 1.807) is 0 Å². The fraction of sp³-hybridized carbons (Fsp3) is 0.0682. The maximum atomic E-state index is 5.24. The van der Waals surface area contributed by atoms with Gasteiger partial charge >= 0.3 is 0 Å². The lowest BCUT2D eigenvalue weighted by Gasteiger charge is -2.18. The molecule has 0 aliphatic rings. The van der Waals surface area contributed by atoms with Crippen molar-refractivity contribution in [2.75, 3.05) is 0 Å². The first kappa shape index (κ1) is 29.6. The number of pyridine rings is 1. The second-order valence-corrected chi connectivity index (χ2v) is 12.8. The lowest BCUT2D eigenvalue weighted by atomic mass is 10.0. The van der Waals surface area contributed by atoms with Crippen molar-refractivity contribution in [3.63, 3.8) is 0 Å². The molecule has 0 unspecified atom stereocenters. The van der Waals surface area contributed by atoms with Crippen molar-refractivity contribution in [2.24, 2.45) is 0 Å². The Morgan fingerprint density at radius 1 is 0.480 bits per heavy atom. The fourth-order valence-electron chi connectivity index (χ4n) is 6.69. The Morgan fingerprint density at radius 2 is 1.12 bits per heavy atom. The minimum absolute atomic E-state index is 0.145. The van der Waals surface area contributed by atoms with Crippen molar-refractivity contribution in [3.8, 4) is 51.1 Å². The van der Waals surface area contributed by atoms with Gasteiger partial charge in [-0.05, 0) is 64.0 Å². The van der Waals surface area contributed by atoms with Crippen LogP contribution in [0, 0.1) is 0 Å². The largest absolute Gasteiger partial charge is 0.295 e. The monoisotopic (exact) mass is 644 g/mol. The summed E-state index contributed by atoms with van der Waals surface area (Å²) >= 11 is 0. The Balaban J connectivity index is 1.34. The molecule has 3 aromatic heterocycles. The Hall–Kier alpha value is -6.53. The van der Waals surface area contributed by atoms with E-state index >= 15 is 0 Å². The van der Waals surface area contributed by atoms with Crippen LogP contribution in [0.15, 0.2) is 152 Å². The molecule has 6 nitrogen and oxygen atoms in total. The van der Waals surface area contributed by atoms with E-state index in [1.165, 1.54) is 5.39 Å². The van der Waals surface area contributed by atoms with Crippen LogP contribution in [0.1, 0.15) is 25.6 Å². The maximum Gasteiger partial charge on any atom is 0.166 e. The molecule has 0 fully saturated rings. The van der Waals surface area contributed by atoms with Gasteiger partial charge in [-0.3, -0.25) is 9.55 Å². The topological polar surface area (TPSA) is 69.4 Å². The minimum atomic E-state index is 0.145. The fourth-order valence-corrected chi connectivity index (χ4v) is 6.69. The molecule has 3 heterocycles. The second kappa shape index (κ2) is 12.2. The van der Waals surface area contributed by atoms with Gasteiger partial charge in [0, 0.05) is 34.4 Å². The van der Waals surface area contributed by atoms with Crippen molar-refractivity contribution in [3.05, 3.63) is 158 Å². The number of aromatic nitrogens is 6. The van der Waals surface area contributed by atoms with Crippen molar-refractivity contribution < 1.29 is 0 Å². The number of rotatable bonds is 6. The highest BCUT2D eigenvalue weighted by molar-refractivity contribution is 5.94. The van der Waals surface area contributed by atoms with E-state index in [0.29, 0.717) is 17.5 Å². The predicted octanol–water partition coefficient (Wildman–Crippen LogP) is 10.7. The van der Waals surface area contributed by atoms with E-state index in [2.05, 4.69) is 120 Å². The molecule has 6 aromatic carbocycles. The van der Waals surface area contributed by atoms with Gasteiger partial charge in [0.25, 0.3) is 0 Å². The van der Waals surface area contributed by atoms with Gasteiger partial charge in [-0.25, -0.2) is 19.9 Å². The van der Waals surface area contributed by atoms with Crippen LogP contribution in [-0.2, 0) is 0 Å². The summed E-state index contributed by atoms with van der Waals surface area (Å²) in [4.78, 5) is 25.3. The van der Waals surface area contributed by atoms with Gasteiger partial charge < -0.3 is 0 Å². The van der Waals surface area contributed by atoms with Crippen LogP contribution in [0.2, 0.25) is 0 Å². The molecule has 0 amide bonds. The quantitative estimate of drug-likeness (QED) is 0.180. The zero-order chi connectivity index (χ0) is 33.6. The summed E-state index contributed by atoms with van der Waals surface area (Å²) in [6.07, 6.45) is 1.83. The molecule has 0 saturated heterocycles. The SMILES string of the molecule is CC(C)c1nc2ccc(-c3ccccn3)cc2n1-c1cc2ccccc2cc1-c1nc(-c2ccccc2)nc(-c2ccc3ccccc3c2)n1. The van der Waals surface area contributed by atoms with Crippen molar-refractivity contribution in [1.82, 2.24) is 29.5 Å². The van der Waals surface area contributed by atoms with Crippen LogP contribution in [0.3, 0.4) is 0 Å². The van der Waals surface area contributed by atoms with Crippen molar-refractivity contribution >= 4 is 32.6 Å². The number of imidazole rings is 1. The molecular weight excluding hydrogens is 613 g/mol. The van der Waals surface area contributed by atoms with Crippen LogP contribution >= 0.6 is 0 Å². The smallest absolute Gasteiger partial charge is 0.166 e. The summed E-state index contributed by atoms with van der Waals surface area (Å²) in [5, 5.41) is 4.53. The van der Waals surface area contributed by atoms with Crippen molar-refractivity contribution in [2.45, 2.75) is 19.8 Å². The van der Waals surface area contributed by atoms with Gasteiger partial charge in [0.15, 0.2) is 17.5 Å². The summed E-state index contributed by atoms with van der Waals surface area (Å²) in [6.45, 7) is 4.37. The molecule has 0 atom stereocenters. The zero-order valence-electron chi connectivity index (χ0n) is 27.7. The Labute approximate surface area is 289 Å². The summed E-state index contributed by atoms with van der Waals surface area (Å²) in [5.41, 5.74) is 7.58. The first-order chi connectivity index (χ1) is 24.6. The van der Waals surface area contributed by atoms with E-state index in [9.17, 15) is 0 Å². The number of benzene rings is 6. The Bertz CT molecular complexity index is 2680. The normalized spacial score (nSPS) is 11.6. The highest BCUT2D eigenvalue weighted by atomic mass is 15.1. The van der Waals surface area contributed by atoms with Gasteiger partial charge in [-0.1, -0.05) is 117 Å². The van der Waals surface area contributed by atoms with Crippen LogP contribution in [-0.4, -0.2) is 29.5 Å². The summed E-state index contributed by atoms with van der Waals surface area (Å²) in [7, 11) is 0. The Morgan fingerprint density at radius 3 is 1.86 bits per heavy atom. The second-order valence-electron chi connectivity index (χ2n) is 12.8. The first-order valence-electron chi connectivity index (χ1n) is 16.9. The maximum absolute atomic E-state index is 5.24. The molecule has 0 radical (unpaired) electrons. The summed E-state index contributed by atoms with van der Waals surface area (Å²) in [5.74, 6) is 2.94. The van der Waals surface area contributed by atoms with E-state index < -0.39 is 0 Å². The number of nitrogens with zero attached hydrogens (tertiary/aromatic N) is 6. The van der Waals surface area contributed by atoms with E-state index in [-0.39, 0.29) is 5.92 Å². The highest BCUT2D eigenvalue weighted by Gasteiger charge is 2.22. The van der Waals surface area contributed by atoms with Gasteiger partial charge in [0.2, 0.25) is 0 Å². The van der Waals surface area contributed by atoms with Crippen LogP contribution in [0.5, 0.6) is 0 Å². The van der Waals surface area contributed by atoms with Crippen LogP contribution in [0.25, 0.3) is 83.7 Å². The third kappa shape index (κ3) is 5.28. The number of hydrogen-bond donors (Lipinski definition) is 0. The first-order valence-corrected chi connectivity index (χ1v) is 16.9. The van der Waals surface area contributed by atoms with Crippen LogP contribution < -0.4 is 0 Å². The molecule has 0 aliphatic heterocycles. The average molecular weight is 645 g/mol. The molecule has 0 bridgehead atoms. The van der Waals surface area contributed by atoms with Gasteiger partial charge in [-0.15, -0.1) is 0 Å².